The van der Waals surface area contributed by atoms with Gasteiger partial charge < -0.3 is 19.0 Å². The van der Waals surface area contributed by atoms with Crippen molar-refractivity contribution >= 4 is 22.8 Å². The standard InChI is InChI=1S/C22H22N2O4/c1-27-18-10-5-9-17-15-19(28-20(17)18)22(26)24-12-6-11-23(13-14-24)21(25)16-7-3-2-4-8-16/h2-5,7-10,15H,6,11-14H2,1H3. The molecular formula is C22H22N2O4. The van der Waals surface area contributed by atoms with Gasteiger partial charge in [-0.2, -0.15) is 0 Å². The monoisotopic (exact) mass is 378 g/mol. The molecule has 1 aliphatic heterocycles. The summed E-state index contributed by atoms with van der Waals surface area (Å²) in [6.45, 7) is 2.20. The summed E-state index contributed by atoms with van der Waals surface area (Å²) in [7, 11) is 1.58. The first-order valence-corrected chi connectivity index (χ1v) is 9.37. The number of amides is 2. The maximum absolute atomic E-state index is 13.0. The van der Waals surface area contributed by atoms with E-state index in [2.05, 4.69) is 0 Å². The molecule has 3 aromatic rings. The van der Waals surface area contributed by atoms with Gasteiger partial charge in [0.05, 0.1) is 7.11 Å². The smallest absolute Gasteiger partial charge is 0.289 e. The molecule has 28 heavy (non-hydrogen) atoms. The van der Waals surface area contributed by atoms with Crippen LogP contribution in [0.3, 0.4) is 0 Å². The largest absolute Gasteiger partial charge is 0.493 e. The molecule has 0 saturated carbocycles. The molecular weight excluding hydrogens is 356 g/mol. The third kappa shape index (κ3) is 3.45. The number of carbonyl (C=O) groups is 2. The molecule has 0 N–H and O–H groups in total. The van der Waals surface area contributed by atoms with Gasteiger partial charge >= 0.3 is 0 Å². The van der Waals surface area contributed by atoms with E-state index in [1.165, 1.54) is 0 Å². The van der Waals surface area contributed by atoms with Crippen molar-refractivity contribution in [2.24, 2.45) is 0 Å². The van der Waals surface area contributed by atoms with Crippen LogP contribution in [0, 0.1) is 0 Å². The van der Waals surface area contributed by atoms with Crippen molar-refractivity contribution in [3.63, 3.8) is 0 Å². The molecule has 1 fully saturated rings. The van der Waals surface area contributed by atoms with Crippen LogP contribution in [0.4, 0.5) is 0 Å². The van der Waals surface area contributed by atoms with Crippen LogP contribution in [-0.2, 0) is 0 Å². The van der Waals surface area contributed by atoms with Crippen molar-refractivity contribution in [2.45, 2.75) is 6.42 Å². The second-order valence-electron chi connectivity index (χ2n) is 6.79. The van der Waals surface area contributed by atoms with Crippen LogP contribution in [0.25, 0.3) is 11.0 Å². The van der Waals surface area contributed by atoms with Crippen molar-refractivity contribution in [2.75, 3.05) is 33.3 Å². The van der Waals surface area contributed by atoms with Gasteiger partial charge in [0.25, 0.3) is 11.8 Å². The third-order valence-electron chi connectivity index (χ3n) is 5.03. The Bertz CT molecular complexity index is 996. The second-order valence-corrected chi connectivity index (χ2v) is 6.79. The van der Waals surface area contributed by atoms with Crippen LogP contribution in [-0.4, -0.2) is 54.9 Å². The minimum atomic E-state index is -0.160. The highest BCUT2D eigenvalue weighted by Crippen LogP contribution is 2.29. The molecule has 0 unspecified atom stereocenters. The zero-order chi connectivity index (χ0) is 19.5. The highest BCUT2D eigenvalue weighted by atomic mass is 16.5. The molecule has 0 aliphatic carbocycles. The Labute approximate surface area is 163 Å². The molecule has 0 spiro atoms. The fourth-order valence-corrected chi connectivity index (χ4v) is 3.55. The molecule has 0 atom stereocenters. The zero-order valence-electron chi connectivity index (χ0n) is 15.8. The summed E-state index contributed by atoms with van der Waals surface area (Å²) in [5.74, 6) is 0.741. The molecule has 0 bridgehead atoms. The lowest BCUT2D eigenvalue weighted by Crippen LogP contribution is -2.37. The molecule has 0 radical (unpaired) electrons. The van der Waals surface area contributed by atoms with Gasteiger partial charge in [-0.25, -0.2) is 0 Å². The SMILES string of the molecule is COc1cccc2cc(C(=O)N3CCCN(C(=O)c4ccccc4)CC3)oc12. The van der Waals surface area contributed by atoms with Crippen LogP contribution in [0.2, 0.25) is 0 Å². The summed E-state index contributed by atoms with van der Waals surface area (Å²) < 4.78 is 11.1. The lowest BCUT2D eigenvalue weighted by Gasteiger charge is -2.21. The number of ether oxygens (including phenoxy) is 1. The molecule has 6 heteroatoms. The van der Waals surface area contributed by atoms with Crippen molar-refractivity contribution < 1.29 is 18.7 Å². The summed E-state index contributed by atoms with van der Waals surface area (Å²) in [6, 6.07) is 16.5. The summed E-state index contributed by atoms with van der Waals surface area (Å²) >= 11 is 0. The quantitative estimate of drug-likeness (QED) is 0.701. The van der Waals surface area contributed by atoms with Crippen molar-refractivity contribution in [3.8, 4) is 5.75 Å². The highest BCUT2D eigenvalue weighted by Gasteiger charge is 2.25. The number of benzene rings is 2. The minimum Gasteiger partial charge on any atom is -0.493 e. The first-order chi connectivity index (χ1) is 13.7. The molecule has 6 nitrogen and oxygen atoms in total. The van der Waals surface area contributed by atoms with E-state index in [9.17, 15) is 9.59 Å². The Hall–Kier alpha value is -3.28. The molecule has 2 aromatic carbocycles. The maximum Gasteiger partial charge on any atom is 0.289 e. The van der Waals surface area contributed by atoms with Crippen molar-refractivity contribution in [3.05, 3.63) is 65.9 Å². The maximum atomic E-state index is 13.0. The average molecular weight is 378 g/mol. The van der Waals surface area contributed by atoms with E-state index in [0.29, 0.717) is 48.8 Å². The normalized spacial score (nSPS) is 14.8. The molecule has 4 rings (SSSR count). The topological polar surface area (TPSA) is 63.0 Å². The summed E-state index contributed by atoms with van der Waals surface area (Å²) in [6.07, 6.45) is 0.730. The summed E-state index contributed by atoms with van der Waals surface area (Å²) in [5, 5.41) is 0.832. The van der Waals surface area contributed by atoms with E-state index in [-0.39, 0.29) is 11.8 Å². The summed E-state index contributed by atoms with van der Waals surface area (Å²) in [5.41, 5.74) is 1.25. The predicted octanol–water partition coefficient (Wildman–Crippen LogP) is 3.43. The fourth-order valence-electron chi connectivity index (χ4n) is 3.55. The number of methoxy groups -OCH3 is 1. The molecule has 1 aromatic heterocycles. The first kappa shape index (κ1) is 18.1. The Morgan fingerprint density at radius 1 is 0.893 bits per heavy atom. The van der Waals surface area contributed by atoms with E-state index < -0.39 is 0 Å². The van der Waals surface area contributed by atoms with E-state index in [4.69, 9.17) is 9.15 Å². The van der Waals surface area contributed by atoms with Crippen LogP contribution in [0.5, 0.6) is 5.75 Å². The van der Waals surface area contributed by atoms with E-state index in [0.717, 1.165) is 11.8 Å². The van der Waals surface area contributed by atoms with Crippen LogP contribution < -0.4 is 4.74 Å². The van der Waals surface area contributed by atoms with Gasteiger partial charge in [0.2, 0.25) is 0 Å². The van der Waals surface area contributed by atoms with Crippen LogP contribution in [0.15, 0.2) is 59.0 Å². The van der Waals surface area contributed by atoms with Crippen LogP contribution in [0.1, 0.15) is 27.3 Å². The number of hydrogen-bond donors (Lipinski definition) is 0. The molecule has 1 aliphatic rings. The Kier molecular flexibility index (Phi) is 5.02. The van der Waals surface area contributed by atoms with Crippen LogP contribution >= 0.6 is 0 Å². The van der Waals surface area contributed by atoms with Gasteiger partial charge in [-0.05, 0) is 30.7 Å². The Balaban J connectivity index is 1.48. The number of rotatable bonds is 3. The second kappa shape index (κ2) is 7.76. The van der Waals surface area contributed by atoms with Gasteiger partial charge in [0.15, 0.2) is 17.1 Å². The highest BCUT2D eigenvalue weighted by molar-refractivity contribution is 5.97. The van der Waals surface area contributed by atoms with Crippen molar-refractivity contribution in [1.82, 2.24) is 9.80 Å². The zero-order valence-corrected chi connectivity index (χ0v) is 15.8. The molecule has 2 amide bonds. The van der Waals surface area contributed by atoms with Gasteiger partial charge in [-0.1, -0.05) is 30.3 Å². The summed E-state index contributed by atoms with van der Waals surface area (Å²) in [4.78, 5) is 29.2. The van der Waals surface area contributed by atoms with Crippen molar-refractivity contribution in [1.29, 1.82) is 0 Å². The molecule has 1 saturated heterocycles. The van der Waals surface area contributed by atoms with Gasteiger partial charge in [0, 0.05) is 37.1 Å². The number of nitrogens with zero attached hydrogens (tertiary/aromatic N) is 2. The number of fused-ring (bicyclic) bond motifs is 1. The first-order valence-electron chi connectivity index (χ1n) is 9.37. The number of para-hydroxylation sites is 1. The predicted molar refractivity (Wildman–Crippen MR) is 106 cm³/mol. The van der Waals surface area contributed by atoms with E-state index >= 15 is 0 Å². The molecule has 144 valence electrons. The lowest BCUT2D eigenvalue weighted by molar-refractivity contribution is 0.0701. The van der Waals surface area contributed by atoms with E-state index in [1.54, 1.807) is 24.1 Å². The fraction of sp³-hybridized carbons (Fsp3) is 0.273. The Morgan fingerprint density at radius 3 is 2.32 bits per heavy atom. The number of hydrogen-bond acceptors (Lipinski definition) is 4. The minimum absolute atomic E-state index is 0.00312. The third-order valence-corrected chi connectivity index (χ3v) is 5.03. The van der Waals surface area contributed by atoms with Gasteiger partial charge in [-0.15, -0.1) is 0 Å². The number of furan rings is 1. The molecule has 2 heterocycles. The van der Waals surface area contributed by atoms with Gasteiger partial charge in [0.1, 0.15) is 0 Å². The lowest BCUT2D eigenvalue weighted by atomic mass is 10.2. The van der Waals surface area contributed by atoms with E-state index in [1.807, 2.05) is 47.4 Å². The number of carbonyl (C=O) groups excluding carboxylic acids is 2. The Morgan fingerprint density at radius 2 is 1.61 bits per heavy atom. The average Bonchev–Trinajstić information content (AvgIpc) is 3.03. The van der Waals surface area contributed by atoms with Gasteiger partial charge in [-0.3, -0.25) is 9.59 Å².